The summed E-state index contributed by atoms with van der Waals surface area (Å²) >= 11 is 0. The van der Waals surface area contributed by atoms with Gasteiger partial charge in [0.2, 0.25) is 5.82 Å². The van der Waals surface area contributed by atoms with E-state index in [9.17, 15) is 9.90 Å². The molecule has 2 heterocycles. The smallest absolute Gasteiger partial charge is 0.437 e. The largest absolute Gasteiger partial charge is 0.463 e. The Bertz CT molecular complexity index is 1140. The fraction of sp³-hybridized carbons (Fsp3) is 0.440. The van der Waals surface area contributed by atoms with Crippen LogP contribution in [0.3, 0.4) is 0 Å². The minimum atomic E-state index is -1.24. The van der Waals surface area contributed by atoms with E-state index >= 15 is 0 Å². The van der Waals surface area contributed by atoms with E-state index in [0.717, 1.165) is 36.3 Å². The van der Waals surface area contributed by atoms with Crippen molar-refractivity contribution in [2.45, 2.75) is 53.1 Å². The van der Waals surface area contributed by atoms with E-state index in [0.29, 0.717) is 17.2 Å². The summed E-state index contributed by atoms with van der Waals surface area (Å²) in [6, 6.07) is 14.4. The normalized spacial score (nSPS) is 11.9. The lowest BCUT2D eigenvalue weighted by Gasteiger charge is -2.19. The quantitative estimate of drug-likeness (QED) is 0.219. The standard InChI is InChI=1S/C25H33N7O4/c1-25(2,3)16-9-6-10-17-36-32(24(33)34)21-15-11-14-20(26-21)18-35-28-22(19-12-7-5-8-13-19)23-27-29-30-31(23)4/h5,7-8,11-15H,6,9-10,16-18H2,1-4H3,(H,33,34). The molecular formula is C25H33N7O4. The van der Waals surface area contributed by atoms with E-state index in [-0.39, 0.29) is 24.4 Å². The Kier molecular flexibility index (Phi) is 9.46. The zero-order valence-corrected chi connectivity index (χ0v) is 21.2. The van der Waals surface area contributed by atoms with Crippen molar-refractivity contribution < 1.29 is 19.6 Å². The van der Waals surface area contributed by atoms with Crippen LogP contribution >= 0.6 is 0 Å². The first-order chi connectivity index (χ1) is 17.2. The van der Waals surface area contributed by atoms with Gasteiger partial charge < -0.3 is 9.94 Å². The molecule has 1 amide bonds. The molecule has 0 spiro atoms. The third-order valence-corrected chi connectivity index (χ3v) is 5.21. The van der Waals surface area contributed by atoms with Gasteiger partial charge in [-0.2, -0.15) is 0 Å². The molecule has 0 saturated carbocycles. The maximum absolute atomic E-state index is 11.8. The van der Waals surface area contributed by atoms with E-state index in [1.54, 1.807) is 25.2 Å². The van der Waals surface area contributed by atoms with Gasteiger partial charge in [-0.05, 0) is 40.8 Å². The number of unbranched alkanes of at least 4 members (excludes halogenated alkanes) is 2. The van der Waals surface area contributed by atoms with Gasteiger partial charge in [-0.25, -0.2) is 14.5 Å². The number of carbonyl (C=O) groups is 1. The van der Waals surface area contributed by atoms with E-state index < -0.39 is 6.09 Å². The number of nitrogens with zero attached hydrogens (tertiary/aromatic N) is 7. The van der Waals surface area contributed by atoms with Gasteiger partial charge >= 0.3 is 6.09 Å². The number of hydrogen-bond acceptors (Lipinski definition) is 8. The summed E-state index contributed by atoms with van der Waals surface area (Å²) in [5.74, 6) is 0.596. The molecule has 36 heavy (non-hydrogen) atoms. The van der Waals surface area contributed by atoms with Gasteiger partial charge in [0.05, 0.1) is 12.3 Å². The molecular weight excluding hydrogens is 462 g/mol. The lowest BCUT2D eigenvalue weighted by atomic mass is 9.89. The van der Waals surface area contributed by atoms with Crippen molar-refractivity contribution in [3.63, 3.8) is 0 Å². The molecule has 3 rings (SSSR count). The van der Waals surface area contributed by atoms with Gasteiger partial charge in [0.1, 0.15) is 0 Å². The molecule has 1 aromatic carbocycles. The average molecular weight is 496 g/mol. The number of benzene rings is 1. The Balaban J connectivity index is 1.63. The molecule has 0 bridgehead atoms. The number of pyridine rings is 1. The highest BCUT2D eigenvalue weighted by Crippen LogP contribution is 2.22. The maximum Gasteiger partial charge on any atom is 0.437 e. The Morgan fingerprint density at radius 2 is 1.86 bits per heavy atom. The van der Waals surface area contributed by atoms with Gasteiger partial charge in [-0.3, -0.25) is 4.84 Å². The summed E-state index contributed by atoms with van der Waals surface area (Å²) in [4.78, 5) is 27.2. The van der Waals surface area contributed by atoms with E-state index in [4.69, 9.17) is 9.68 Å². The SMILES string of the molecule is Cn1nnnc1C(=NOCc1cccc(N(OCCCCCC(C)(C)C)C(=O)O)n1)c1ccccc1. The molecule has 0 atom stereocenters. The Morgan fingerprint density at radius 3 is 2.53 bits per heavy atom. The van der Waals surface area contributed by atoms with Gasteiger partial charge in [0.15, 0.2) is 18.1 Å². The summed E-state index contributed by atoms with van der Waals surface area (Å²) in [7, 11) is 1.71. The van der Waals surface area contributed by atoms with Gasteiger partial charge in [-0.15, -0.1) is 10.2 Å². The lowest BCUT2D eigenvalue weighted by molar-refractivity contribution is 0.0899. The van der Waals surface area contributed by atoms with Gasteiger partial charge in [-0.1, -0.05) is 75.2 Å². The van der Waals surface area contributed by atoms with Crippen LogP contribution in [0.4, 0.5) is 10.6 Å². The maximum atomic E-state index is 11.8. The van der Waals surface area contributed by atoms with Crippen LogP contribution < -0.4 is 5.06 Å². The van der Waals surface area contributed by atoms with Crippen LogP contribution in [0.25, 0.3) is 0 Å². The molecule has 0 fully saturated rings. The number of aryl methyl sites for hydroxylation is 1. The summed E-state index contributed by atoms with van der Waals surface area (Å²) in [5.41, 5.74) is 2.02. The number of carboxylic acid groups (broad SMARTS) is 1. The molecule has 2 aromatic heterocycles. The van der Waals surface area contributed by atoms with E-state index in [1.807, 2.05) is 30.3 Å². The zero-order valence-electron chi connectivity index (χ0n) is 21.2. The summed E-state index contributed by atoms with van der Waals surface area (Å²) in [5, 5.41) is 26.2. The highest BCUT2D eigenvalue weighted by Gasteiger charge is 2.18. The van der Waals surface area contributed by atoms with Crippen LogP contribution in [-0.2, 0) is 23.3 Å². The van der Waals surface area contributed by atoms with Crippen molar-refractivity contribution in [3.8, 4) is 0 Å². The third-order valence-electron chi connectivity index (χ3n) is 5.21. The minimum absolute atomic E-state index is 0.00964. The van der Waals surface area contributed by atoms with E-state index in [2.05, 4.69) is 46.4 Å². The Morgan fingerprint density at radius 1 is 1.08 bits per heavy atom. The summed E-state index contributed by atoms with van der Waals surface area (Å²) in [6.07, 6.45) is 2.67. The first-order valence-corrected chi connectivity index (χ1v) is 11.8. The monoisotopic (exact) mass is 495 g/mol. The van der Waals surface area contributed by atoms with Crippen molar-refractivity contribution in [1.29, 1.82) is 0 Å². The highest BCUT2D eigenvalue weighted by atomic mass is 16.7. The van der Waals surface area contributed by atoms with Crippen molar-refractivity contribution in [2.24, 2.45) is 17.6 Å². The van der Waals surface area contributed by atoms with Crippen LogP contribution in [0.15, 0.2) is 53.7 Å². The zero-order chi connectivity index (χ0) is 26.0. The minimum Gasteiger partial charge on any atom is -0.463 e. The van der Waals surface area contributed by atoms with Gasteiger partial charge in [0, 0.05) is 12.6 Å². The molecule has 1 N–H and O–H groups in total. The Labute approximate surface area is 210 Å². The molecule has 0 aliphatic rings. The molecule has 11 nitrogen and oxygen atoms in total. The van der Waals surface area contributed by atoms with Crippen LogP contribution in [-0.4, -0.2) is 48.7 Å². The number of anilines is 1. The molecule has 0 saturated heterocycles. The number of hydrogen-bond donors (Lipinski definition) is 1. The first kappa shape index (κ1) is 26.7. The highest BCUT2D eigenvalue weighted by molar-refractivity contribution is 6.10. The Hall–Kier alpha value is -3.86. The number of amides is 1. The van der Waals surface area contributed by atoms with Crippen LogP contribution in [0, 0.1) is 5.41 Å². The van der Waals surface area contributed by atoms with Gasteiger partial charge in [0.25, 0.3) is 0 Å². The number of aromatic nitrogens is 5. The predicted molar refractivity (Wildman–Crippen MR) is 134 cm³/mol. The molecule has 0 unspecified atom stereocenters. The fourth-order valence-electron chi connectivity index (χ4n) is 3.38. The summed E-state index contributed by atoms with van der Waals surface area (Å²) < 4.78 is 1.50. The number of tetrazole rings is 1. The second-order valence-electron chi connectivity index (χ2n) is 9.47. The van der Waals surface area contributed by atoms with Crippen LogP contribution in [0.2, 0.25) is 0 Å². The molecule has 3 aromatic rings. The molecule has 192 valence electrons. The van der Waals surface area contributed by atoms with Crippen LogP contribution in [0.5, 0.6) is 0 Å². The molecule has 0 aliphatic heterocycles. The fourth-order valence-corrected chi connectivity index (χ4v) is 3.38. The van der Waals surface area contributed by atoms with Crippen LogP contribution in [0.1, 0.15) is 63.5 Å². The third kappa shape index (κ3) is 8.12. The van der Waals surface area contributed by atoms with E-state index in [1.165, 1.54) is 4.68 Å². The second kappa shape index (κ2) is 12.7. The first-order valence-electron chi connectivity index (χ1n) is 11.8. The van der Waals surface area contributed by atoms with Crippen molar-refractivity contribution in [1.82, 2.24) is 25.2 Å². The lowest BCUT2D eigenvalue weighted by Crippen LogP contribution is -2.30. The number of oxime groups is 1. The predicted octanol–water partition coefficient (Wildman–Crippen LogP) is 4.60. The van der Waals surface area contributed by atoms with Crippen molar-refractivity contribution >= 4 is 17.6 Å². The number of hydroxylamine groups is 1. The molecule has 0 aliphatic carbocycles. The average Bonchev–Trinajstić information content (AvgIpc) is 3.26. The summed E-state index contributed by atoms with van der Waals surface area (Å²) in [6.45, 7) is 6.92. The van der Waals surface area contributed by atoms with Crippen molar-refractivity contribution in [3.05, 3.63) is 65.6 Å². The topological polar surface area (TPSA) is 128 Å². The van der Waals surface area contributed by atoms with Crippen molar-refractivity contribution in [2.75, 3.05) is 11.7 Å². The second-order valence-corrected chi connectivity index (χ2v) is 9.47. The molecule has 11 heteroatoms. The number of rotatable bonds is 12. The molecule has 0 radical (unpaired) electrons.